The number of ether oxygens (including phenoxy) is 2. The van der Waals surface area contributed by atoms with E-state index in [4.69, 9.17) is 9.47 Å². The van der Waals surface area contributed by atoms with Gasteiger partial charge in [0.15, 0.2) is 5.65 Å². The molecule has 0 bridgehead atoms. The third kappa shape index (κ3) is 5.56. The number of pyridine rings is 2. The first-order valence-electron chi connectivity index (χ1n) is 10.7. The average molecular weight is 465 g/mol. The number of rotatable bonds is 8. The third-order valence-electron chi connectivity index (χ3n) is 5.31. The van der Waals surface area contributed by atoms with Crippen LogP contribution in [0.4, 0.5) is 0 Å². The highest BCUT2D eigenvalue weighted by atomic mass is 32.2. The smallest absolute Gasteiger partial charge is 0.281 e. The molecule has 0 N–H and O–H groups in total. The van der Waals surface area contributed by atoms with Crippen LogP contribution in [0.3, 0.4) is 0 Å². The molecule has 1 fully saturated rings. The average Bonchev–Trinajstić information content (AvgIpc) is 3.24. The zero-order valence-corrected chi connectivity index (χ0v) is 19.2. The summed E-state index contributed by atoms with van der Waals surface area (Å²) < 4.78 is 12.8. The molecular formula is C24H24N4O2S2. The Morgan fingerprint density at radius 2 is 1.75 bits per heavy atom. The number of thiazole rings is 1. The fourth-order valence-electron chi connectivity index (χ4n) is 3.63. The van der Waals surface area contributed by atoms with Crippen molar-refractivity contribution in [1.82, 2.24) is 19.9 Å². The molecule has 0 unspecified atom stereocenters. The summed E-state index contributed by atoms with van der Waals surface area (Å²) in [6, 6.07) is 17.7. The molecule has 1 aliphatic heterocycles. The molecule has 1 aromatic carbocycles. The van der Waals surface area contributed by atoms with E-state index in [-0.39, 0.29) is 0 Å². The quantitative estimate of drug-likeness (QED) is 0.340. The summed E-state index contributed by atoms with van der Waals surface area (Å²) in [5.41, 5.74) is 0.715. The van der Waals surface area contributed by atoms with Gasteiger partial charge < -0.3 is 9.47 Å². The van der Waals surface area contributed by atoms with Crippen LogP contribution in [-0.2, 0) is 0 Å². The lowest BCUT2D eigenvalue weighted by atomic mass is 10.1. The lowest BCUT2D eigenvalue weighted by Gasteiger charge is -2.31. The van der Waals surface area contributed by atoms with E-state index in [2.05, 4.69) is 32.0 Å². The Hall–Kier alpha value is -2.68. The van der Waals surface area contributed by atoms with Crippen molar-refractivity contribution in [2.24, 2.45) is 0 Å². The molecule has 0 radical (unpaired) electrons. The Labute approximate surface area is 195 Å². The monoisotopic (exact) mass is 464 g/mol. The summed E-state index contributed by atoms with van der Waals surface area (Å²) in [4.78, 5) is 15.6. The van der Waals surface area contributed by atoms with Crippen LogP contribution >= 0.6 is 23.1 Å². The summed E-state index contributed by atoms with van der Waals surface area (Å²) >= 11 is 3.39. The van der Waals surface area contributed by atoms with Crippen LogP contribution in [0.1, 0.15) is 12.8 Å². The summed E-state index contributed by atoms with van der Waals surface area (Å²) in [6.45, 7) is 3.84. The minimum atomic E-state index is 0.594. The summed E-state index contributed by atoms with van der Waals surface area (Å²) in [5.74, 6) is 1.59. The van der Waals surface area contributed by atoms with Crippen molar-refractivity contribution < 1.29 is 9.47 Å². The highest BCUT2D eigenvalue weighted by Gasteiger charge is 2.20. The Kier molecular flexibility index (Phi) is 6.81. The second-order valence-electron chi connectivity index (χ2n) is 7.55. The minimum absolute atomic E-state index is 0.594. The van der Waals surface area contributed by atoms with Gasteiger partial charge in [-0.25, -0.2) is 9.97 Å². The van der Waals surface area contributed by atoms with Crippen molar-refractivity contribution in [3.63, 3.8) is 0 Å². The lowest BCUT2D eigenvalue weighted by Crippen LogP contribution is -2.37. The first-order valence-corrected chi connectivity index (χ1v) is 12.4. The van der Waals surface area contributed by atoms with Crippen LogP contribution in [-0.4, -0.2) is 51.3 Å². The number of aromatic nitrogens is 3. The third-order valence-corrected chi connectivity index (χ3v) is 7.49. The molecule has 3 aromatic heterocycles. The maximum atomic E-state index is 5.95. The van der Waals surface area contributed by atoms with Gasteiger partial charge in [-0.1, -0.05) is 17.4 Å². The molecule has 0 amide bonds. The number of fused-ring (bicyclic) bond motifs is 1. The van der Waals surface area contributed by atoms with Crippen LogP contribution in [0, 0.1) is 0 Å². The molecule has 1 saturated heterocycles. The van der Waals surface area contributed by atoms with Gasteiger partial charge in [0.25, 0.3) is 5.19 Å². The Morgan fingerprint density at radius 1 is 0.938 bits per heavy atom. The van der Waals surface area contributed by atoms with Gasteiger partial charge in [0, 0.05) is 24.2 Å². The molecule has 6 nitrogen and oxygen atoms in total. The van der Waals surface area contributed by atoms with Gasteiger partial charge in [0.1, 0.15) is 18.1 Å². The van der Waals surface area contributed by atoms with Gasteiger partial charge in [-0.2, -0.15) is 4.98 Å². The number of benzene rings is 1. The molecule has 0 spiro atoms. The molecular weight excluding hydrogens is 440 g/mol. The van der Waals surface area contributed by atoms with Crippen LogP contribution < -0.4 is 9.47 Å². The molecule has 0 atom stereocenters. The van der Waals surface area contributed by atoms with Crippen LogP contribution in [0.2, 0.25) is 0 Å². The fourth-order valence-corrected chi connectivity index (χ4v) is 5.49. The molecule has 8 heteroatoms. The number of thioether (sulfide) groups is 1. The van der Waals surface area contributed by atoms with E-state index in [1.807, 2.05) is 60.4 Å². The van der Waals surface area contributed by atoms with Crippen LogP contribution in [0.15, 0.2) is 72.0 Å². The van der Waals surface area contributed by atoms with Gasteiger partial charge in [-0.3, -0.25) is 4.90 Å². The van der Waals surface area contributed by atoms with Gasteiger partial charge in [0.05, 0.1) is 9.73 Å². The molecule has 0 saturated carbocycles. The first-order chi connectivity index (χ1) is 15.8. The Balaban J connectivity index is 1.04. The summed E-state index contributed by atoms with van der Waals surface area (Å²) in [6.07, 6.45) is 5.98. The highest BCUT2D eigenvalue weighted by molar-refractivity contribution is 7.99. The summed E-state index contributed by atoms with van der Waals surface area (Å²) in [5, 5.41) is 2.37. The Morgan fingerprint density at radius 3 is 2.53 bits per heavy atom. The van der Waals surface area contributed by atoms with Gasteiger partial charge in [0.2, 0.25) is 0 Å². The fraction of sp³-hybridized carbons (Fsp3) is 0.292. The maximum Gasteiger partial charge on any atom is 0.281 e. The number of nitrogens with zero attached hydrogens (tertiary/aromatic N) is 4. The normalized spacial score (nSPS) is 15.1. The van der Waals surface area contributed by atoms with E-state index in [0.717, 1.165) is 40.9 Å². The van der Waals surface area contributed by atoms with Crippen LogP contribution in [0.5, 0.6) is 16.7 Å². The SMILES string of the molecule is c1ccc(SC2CCN(CCOc3ccc(Oc4nc5ncccc5s4)cc3)CC2)nc1. The second-order valence-corrected chi connectivity index (χ2v) is 9.87. The molecule has 4 heterocycles. The van der Waals surface area contributed by atoms with Gasteiger partial charge >= 0.3 is 0 Å². The molecule has 0 aliphatic carbocycles. The second kappa shape index (κ2) is 10.3. The molecule has 1 aliphatic rings. The van der Waals surface area contributed by atoms with Crippen LogP contribution in [0.25, 0.3) is 10.3 Å². The number of likely N-dealkylation sites (tertiary alicyclic amines) is 1. The van der Waals surface area contributed by atoms with Crippen molar-refractivity contribution in [1.29, 1.82) is 0 Å². The van der Waals surface area contributed by atoms with Crippen molar-refractivity contribution in [3.05, 3.63) is 67.0 Å². The zero-order valence-electron chi connectivity index (χ0n) is 17.6. The molecule has 164 valence electrons. The Bertz CT molecular complexity index is 1100. The number of hydrogen-bond acceptors (Lipinski definition) is 8. The molecule has 32 heavy (non-hydrogen) atoms. The van der Waals surface area contributed by atoms with Crippen molar-refractivity contribution in [2.45, 2.75) is 23.1 Å². The topological polar surface area (TPSA) is 60.4 Å². The van der Waals surface area contributed by atoms with E-state index in [1.165, 1.54) is 24.2 Å². The van der Waals surface area contributed by atoms with Crippen molar-refractivity contribution in [2.75, 3.05) is 26.2 Å². The maximum absolute atomic E-state index is 5.95. The van der Waals surface area contributed by atoms with E-state index in [1.54, 1.807) is 6.20 Å². The zero-order chi connectivity index (χ0) is 21.6. The number of piperidine rings is 1. The lowest BCUT2D eigenvalue weighted by molar-refractivity contribution is 0.185. The van der Waals surface area contributed by atoms with Gasteiger partial charge in [-0.15, -0.1) is 11.8 Å². The van der Waals surface area contributed by atoms with E-state index >= 15 is 0 Å². The predicted octanol–water partition coefficient (Wildman–Crippen LogP) is 5.51. The van der Waals surface area contributed by atoms with Crippen molar-refractivity contribution in [3.8, 4) is 16.7 Å². The predicted molar refractivity (Wildman–Crippen MR) is 129 cm³/mol. The minimum Gasteiger partial charge on any atom is -0.492 e. The van der Waals surface area contributed by atoms with E-state index in [9.17, 15) is 0 Å². The standard InChI is InChI=1S/C24H24N4O2S2/c1-2-12-25-22(5-1)31-20-10-14-28(15-11-20)16-17-29-18-6-8-19(9-7-18)30-24-27-23-21(32-24)4-3-13-26-23/h1-9,12-13,20H,10-11,14-17H2. The van der Waals surface area contributed by atoms with Crippen molar-refractivity contribution >= 4 is 33.4 Å². The number of hydrogen-bond donors (Lipinski definition) is 0. The highest BCUT2D eigenvalue weighted by Crippen LogP contribution is 2.31. The molecule has 5 rings (SSSR count). The van der Waals surface area contributed by atoms with E-state index in [0.29, 0.717) is 22.7 Å². The summed E-state index contributed by atoms with van der Waals surface area (Å²) in [7, 11) is 0. The largest absolute Gasteiger partial charge is 0.492 e. The molecule has 4 aromatic rings. The van der Waals surface area contributed by atoms with E-state index < -0.39 is 0 Å². The van der Waals surface area contributed by atoms with Gasteiger partial charge in [-0.05, 0) is 74.5 Å². The first kappa shape index (κ1) is 21.2.